The number of aliphatic hydroxyl groups excluding tert-OH is 2. The second-order valence-electron chi connectivity index (χ2n) is 3.82. The van der Waals surface area contributed by atoms with Crippen molar-refractivity contribution in [3.8, 4) is 11.5 Å². The van der Waals surface area contributed by atoms with E-state index < -0.39 is 12.1 Å². The molecule has 17 heavy (non-hydrogen) atoms. The summed E-state index contributed by atoms with van der Waals surface area (Å²) in [4.78, 5) is 0. The molecule has 94 valence electrons. The zero-order valence-corrected chi connectivity index (χ0v) is 9.85. The van der Waals surface area contributed by atoms with Crippen molar-refractivity contribution in [1.82, 2.24) is 0 Å². The van der Waals surface area contributed by atoms with Crippen molar-refractivity contribution in [1.29, 1.82) is 0 Å². The number of ether oxygens (including phenoxy) is 2. The zero-order valence-electron chi connectivity index (χ0n) is 9.10. The van der Waals surface area contributed by atoms with Crippen molar-refractivity contribution >= 4 is 11.6 Å². The van der Waals surface area contributed by atoms with Gasteiger partial charge in [-0.05, 0) is 17.7 Å². The Balaban J connectivity index is 2.33. The second kappa shape index (κ2) is 5.10. The average molecular weight is 260 g/mol. The molecule has 1 aromatic rings. The van der Waals surface area contributed by atoms with Gasteiger partial charge in [0.2, 0.25) is 0 Å². The summed E-state index contributed by atoms with van der Waals surface area (Å²) >= 11 is 6.02. The number of halogens is 1. The van der Waals surface area contributed by atoms with Crippen LogP contribution in [0.5, 0.6) is 11.5 Å². The van der Waals surface area contributed by atoms with Crippen LogP contribution >= 0.6 is 11.6 Å². The predicted molar refractivity (Wildman–Crippen MR) is 62.5 cm³/mol. The van der Waals surface area contributed by atoms with E-state index in [2.05, 4.69) is 0 Å². The molecule has 0 saturated heterocycles. The Kier molecular flexibility index (Phi) is 3.73. The Hall–Kier alpha value is -1.01. The second-order valence-corrected chi connectivity index (χ2v) is 4.23. The summed E-state index contributed by atoms with van der Waals surface area (Å²) in [5, 5.41) is 19.1. The maximum atomic E-state index is 9.88. The van der Waals surface area contributed by atoms with Crippen LogP contribution in [0.15, 0.2) is 12.1 Å². The number of fused-ring (bicyclic) bond motifs is 1. The van der Waals surface area contributed by atoms with Crippen molar-refractivity contribution < 1.29 is 19.7 Å². The first kappa shape index (κ1) is 12.4. The fraction of sp³-hybridized carbons (Fsp3) is 0.455. The van der Waals surface area contributed by atoms with E-state index in [4.69, 9.17) is 31.9 Å². The quantitative estimate of drug-likeness (QED) is 0.735. The predicted octanol–water partition coefficient (Wildman–Crippen LogP) is 0.464. The van der Waals surface area contributed by atoms with E-state index >= 15 is 0 Å². The van der Waals surface area contributed by atoms with Crippen LogP contribution in [0.1, 0.15) is 11.7 Å². The van der Waals surface area contributed by atoms with Gasteiger partial charge in [0.05, 0.1) is 23.8 Å². The highest BCUT2D eigenvalue weighted by Gasteiger charge is 2.22. The van der Waals surface area contributed by atoms with E-state index in [1.165, 1.54) is 0 Å². The SMILES string of the molecule is N[C@H](CO)[C@H](O)c1cc(Cl)c2c(c1)OCCO2. The first-order chi connectivity index (χ1) is 8.13. The summed E-state index contributed by atoms with van der Waals surface area (Å²) in [6.45, 7) is 0.576. The molecule has 0 unspecified atom stereocenters. The Morgan fingerprint density at radius 2 is 2.06 bits per heavy atom. The molecule has 5 nitrogen and oxygen atoms in total. The van der Waals surface area contributed by atoms with Gasteiger partial charge in [-0.1, -0.05) is 11.6 Å². The molecule has 0 bridgehead atoms. The van der Waals surface area contributed by atoms with Crippen LogP contribution in [0.2, 0.25) is 5.02 Å². The standard InChI is InChI=1S/C11H14ClNO4/c12-7-3-6(10(15)8(13)5-14)4-9-11(7)17-2-1-16-9/h3-4,8,10,14-15H,1-2,5,13H2/t8-,10-/m1/s1. The minimum Gasteiger partial charge on any atom is -0.486 e. The third-order valence-electron chi connectivity index (χ3n) is 2.58. The van der Waals surface area contributed by atoms with E-state index in [1.807, 2.05) is 0 Å². The van der Waals surface area contributed by atoms with Crippen molar-refractivity contribution in [2.75, 3.05) is 19.8 Å². The van der Waals surface area contributed by atoms with Gasteiger partial charge >= 0.3 is 0 Å². The largest absolute Gasteiger partial charge is 0.486 e. The molecule has 6 heteroatoms. The topological polar surface area (TPSA) is 84.9 Å². The molecule has 0 aliphatic carbocycles. The molecule has 0 amide bonds. The van der Waals surface area contributed by atoms with E-state index in [1.54, 1.807) is 12.1 Å². The van der Waals surface area contributed by atoms with Crippen LogP contribution in [0, 0.1) is 0 Å². The number of benzene rings is 1. The maximum absolute atomic E-state index is 9.88. The van der Waals surface area contributed by atoms with Gasteiger partial charge in [0.1, 0.15) is 13.2 Å². The van der Waals surface area contributed by atoms with E-state index in [9.17, 15) is 5.11 Å². The first-order valence-corrected chi connectivity index (χ1v) is 5.65. The van der Waals surface area contributed by atoms with Crippen molar-refractivity contribution in [2.45, 2.75) is 12.1 Å². The number of hydrogen-bond donors (Lipinski definition) is 3. The molecule has 0 fully saturated rings. The van der Waals surface area contributed by atoms with Gasteiger partial charge in [-0.25, -0.2) is 0 Å². The van der Waals surface area contributed by atoms with Crippen LogP contribution in [0.4, 0.5) is 0 Å². The lowest BCUT2D eigenvalue weighted by Crippen LogP contribution is -2.32. The first-order valence-electron chi connectivity index (χ1n) is 5.27. The molecule has 1 aliphatic heterocycles. The highest BCUT2D eigenvalue weighted by molar-refractivity contribution is 6.32. The van der Waals surface area contributed by atoms with Gasteiger partial charge in [0.15, 0.2) is 11.5 Å². The summed E-state index contributed by atoms with van der Waals surface area (Å²) in [6, 6.07) is 2.43. The Morgan fingerprint density at radius 3 is 2.76 bits per heavy atom. The average Bonchev–Trinajstić information content (AvgIpc) is 2.37. The molecule has 1 heterocycles. The molecule has 2 rings (SSSR count). The zero-order chi connectivity index (χ0) is 12.4. The monoisotopic (exact) mass is 259 g/mol. The lowest BCUT2D eigenvalue weighted by Gasteiger charge is -2.23. The van der Waals surface area contributed by atoms with E-state index in [0.29, 0.717) is 35.3 Å². The van der Waals surface area contributed by atoms with Crippen LogP contribution in [0.25, 0.3) is 0 Å². The number of rotatable bonds is 3. The van der Waals surface area contributed by atoms with E-state index in [-0.39, 0.29) is 6.61 Å². The lowest BCUT2D eigenvalue weighted by atomic mass is 10.0. The fourth-order valence-electron chi connectivity index (χ4n) is 1.65. The normalized spacial score (nSPS) is 17.6. The molecule has 0 radical (unpaired) electrons. The summed E-state index contributed by atoms with van der Waals surface area (Å²) in [6.07, 6.45) is -0.992. The number of nitrogens with two attached hydrogens (primary N) is 1. The third kappa shape index (κ3) is 2.47. The minimum absolute atomic E-state index is 0.312. The lowest BCUT2D eigenvalue weighted by molar-refractivity contribution is 0.108. The fourth-order valence-corrected chi connectivity index (χ4v) is 1.92. The molecule has 0 spiro atoms. The van der Waals surface area contributed by atoms with Crippen molar-refractivity contribution in [3.63, 3.8) is 0 Å². The maximum Gasteiger partial charge on any atom is 0.179 e. The molecule has 4 N–H and O–H groups in total. The molecule has 2 atom stereocenters. The summed E-state index contributed by atoms with van der Waals surface area (Å²) in [7, 11) is 0. The minimum atomic E-state index is -0.992. The van der Waals surface area contributed by atoms with Gasteiger partial charge in [-0.2, -0.15) is 0 Å². The van der Waals surface area contributed by atoms with Crippen molar-refractivity contribution in [3.05, 3.63) is 22.7 Å². The smallest absolute Gasteiger partial charge is 0.179 e. The van der Waals surface area contributed by atoms with Gasteiger partial charge < -0.3 is 25.4 Å². The number of aliphatic hydroxyl groups is 2. The molecule has 0 aromatic heterocycles. The Bertz CT molecular complexity index is 413. The number of hydrogen-bond acceptors (Lipinski definition) is 5. The van der Waals surface area contributed by atoms with E-state index in [0.717, 1.165) is 0 Å². The molecule has 0 saturated carbocycles. The van der Waals surface area contributed by atoms with Gasteiger partial charge in [-0.15, -0.1) is 0 Å². The van der Waals surface area contributed by atoms with Crippen molar-refractivity contribution in [2.24, 2.45) is 5.73 Å². The van der Waals surface area contributed by atoms with Crippen LogP contribution < -0.4 is 15.2 Å². The molecule has 1 aliphatic rings. The summed E-state index contributed by atoms with van der Waals surface area (Å²) in [5.41, 5.74) is 6.06. The van der Waals surface area contributed by atoms with Crippen LogP contribution in [-0.2, 0) is 0 Å². The Labute approximate surface area is 104 Å². The highest BCUT2D eigenvalue weighted by Crippen LogP contribution is 2.39. The third-order valence-corrected chi connectivity index (χ3v) is 2.86. The van der Waals surface area contributed by atoms with Crippen LogP contribution in [0.3, 0.4) is 0 Å². The molecular formula is C11H14ClNO4. The van der Waals surface area contributed by atoms with Gasteiger partial charge in [0, 0.05) is 0 Å². The van der Waals surface area contributed by atoms with Gasteiger partial charge in [-0.3, -0.25) is 0 Å². The highest BCUT2D eigenvalue weighted by atomic mass is 35.5. The summed E-state index contributed by atoms with van der Waals surface area (Å²) in [5.74, 6) is 0.967. The van der Waals surface area contributed by atoms with Crippen LogP contribution in [-0.4, -0.2) is 36.1 Å². The summed E-state index contributed by atoms with van der Waals surface area (Å²) < 4.78 is 10.7. The van der Waals surface area contributed by atoms with Gasteiger partial charge in [0.25, 0.3) is 0 Å². The molecular weight excluding hydrogens is 246 g/mol. The Morgan fingerprint density at radius 1 is 1.35 bits per heavy atom. The molecule has 1 aromatic carbocycles.